The van der Waals surface area contributed by atoms with E-state index in [1.54, 1.807) is 13.8 Å². The highest BCUT2D eigenvalue weighted by molar-refractivity contribution is 5.80. The molecule has 0 saturated heterocycles. The average Bonchev–Trinajstić information content (AvgIpc) is 2.72. The van der Waals surface area contributed by atoms with Gasteiger partial charge in [0, 0.05) is 34.9 Å². The molecule has 0 atom stereocenters. The molecule has 1 amide bonds. The van der Waals surface area contributed by atoms with Crippen molar-refractivity contribution in [1.29, 1.82) is 0 Å². The van der Waals surface area contributed by atoms with Crippen LogP contribution in [0.4, 0.5) is 22.0 Å². The lowest BCUT2D eigenvalue weighted by atomic mass is 9.84. The van der Waals surface area contributed by atoms with Crippen LogP contribution in [-0.4, -0.2) is 27.5 Å². The van der Waals surface area contributed by atoms with E-state index in [4.69, 9.17) is 5.73 Å². The first kappa shape index (κ1) is 24.8. The van der Waals surface area contributed by atoms with Crippen molar-refractivity contribution >= 4 is 5.91 Å². The van der Waals surface area contributed by atoms with Gasteiger partial charge in [0.15, 0.2) is 0 Å². The minimum Gasteiger partial charge on any atom is -0.417 e. The molecule has 2 aromatic heterocycles. The molecule has 3 N–H and O–H groups in total. The zero-order valence-corrected chi connectivity index (χ0v) is 17.9. The van der Waals surface area contributed by atoms with Crippen LogP contribution in [0.1, 0.15) is 25.0 Å². The van der Waals surface area contributed by atoms with Crippen molar-refractivity contribution in [3.05, 3.63) is 64.1 Å². The van der Waals surface area contributed by atoms with Crippen molar-refractivity contribution < 1.29 is 31.5 Å². The number of aromatic amines is 1. The highest BCUT2D eigenvalue weighted by Gasteiger charge is 2.35. The molecule has 0 bridgehead atoms. The van der Waals surface area contributed by atoms with Crippen LogP contribution in [0.2, 0.25) is 0 Å². The van der Waals surface area contributed by atoms with E-state index < -0.39 is 40.8 Å². The number of hydrogen-bond acceptors (Lipinski definition) is 5. The Labute approximate surface area is 189 Å². The van der Waals surface area contributed by atoms with Gasteiger partial charge >= 0.3 is 12.8 Å². The van der Waals surface area contributed by atoms with Gasteiger partial charge in [-0.15, -0.1) is 0 Å². The zero-order valence-electron chi connectivity index (χ0n) is 17.9. The summed E-state index contributed by atoms with van der Waals surface area (Å²) >= 11 is 0. The summed E-state index contributed by atoms with van der Waals surface area (Å²) in [6, 6.07) is 6.68. The summed E-state index contributed by atoms with van der Waals surface area (Å²) in [4.78, 5) is 34.0. The molecule has 0 aliphatic rings. The Morgan fingerprint density at radius 2 is 1.85 bits per heavy atom. The summed E-state index contributed by atoms with van der Waals surface area (Å²) in [6.07, 6.45) is -3.62. The molecule has 3 rings (SSSR count). The number of nitrogens with zero attached hydrogens (tertiary/aromatic N) is 2. The van der Waals surface area contributed by atoms with Gasteiger partial charge in [-0.25, -0.2) is 9.97 Å². The number of nitrogens with two attached hydrogens (primary N) is 1. The number of H-pyrrole nitrogens is 1. The lowest BCUT2D eigenvalue weighted by Crippen LogP contribution is -2.33. The Kier molecular flexibility index (Phi) is 6.71. The molecular formula is C22H19F5N4O3. The number of amides is 1. The van der Waals surface area contributed by atoms with E-state index in [0.717, 1.165) is 24.4 Å². The van der Waals surface area contributed by atoms with Crippen LogP contribution >= 0.6 is 0 Å². The number of primary amides is 1. The van der Waals surface area contributed by atoms with Crippen molar-refractivity contribution in [3.8, 4) is 28.5 Å². The number of benzene rings is 1. The highest BCUT2D eigenvalue weighted by Crippen LogP contribution is 2.37. The minimum atomic E-state index is -4.77. The van der Waals surface area contributed by atoms with Gasteiger partial charge in [-0.1, -0.05) is 19.9 Å². The molecule has 0 unspecified atom stereocenters. The summed E-state index contributed by atoms with van der Waals surface area (Å²) < 4.78 is 70.0. The number of aromatic nitrogens is 3. The van der Waals surface area contributed by atoms with Crippen LogP contribution in [0.25, 0.3) is 22.6 Å². The topological polar surface area (TPSA) is 111 Å². The second-order valence-electron chi connectivity index (χ2n) is 8.05. The maximum atomic E-state index is 13.7. The van der Waals surface area contributed by atoms with Gasteiger partial charge in [0.1, 0.15) is 5.82 Å². The first-order valence-electron chi connectivity index (χ1n) is 9.79. The van der Waals surface area contributed by atoms with Crippen LogP contribution in [0.15, 0.2) is 47.4 Å². The number of carbonyl (C=O) groups excluding carboxylic acids is 1. The third-order valence-electron chi connectivity index (χ3n) is 4.94. The number of halogens is 5. The summed E-state index contributed by atoms with van der Waals surface area (Å²) in [6.45, 7) is 0.0270. The molecule has 3 aromatic rings. The highest BCUT2D eigenvalue weighted by atomic mass is 19.4. The fourth-order valence-corrected chi connectivity index (χ4v) is 3.17. The van der Waals surface area contributed by atoms with Crippen LogP contribution in [0, 0.1) is 5.41 Å². The number of carbonyl (C=O) groups is 1. The normalized spacial score (nSPS) is 12.1. The predicted molar refractivity (Wildman–Crippen MR) is 112 cm³/mol. The number of hydrogen-bond donors (Lipinski definition) is 2. The molecule has 0 fully saturated rings. The zero-order chi connectivity index (χ0) is 25.3. The average molecular weight is 482 g/mol. The Hall–Kier alpha value is -3.83. The lowest BCUT2D eigenvalue weighted by molar-refractivity contribution is -0.137. The molecule has 2 heterocycles. The van der Waals surface area contributed by atoms with E-state index in [-0.39, 0.29) is 29.4 Å². The molecule has 0 spiro atoms. The van der Waals surface area contributed by atoms with Gasteiger partial charge in [-0.3, -0.25) is 9.59 Å². The quantitative estimate of drug-likeness (QED) is 0.491. The predicted octanol–water partition coefficient (Wildman–Crippen LogP) is 4.17. The van der Waals surface area contributed by atoms with Crippen LogP contribution < -0.4 is 16.0 Å². The third kappa shape index (κ3) is 5.74. The van der Waals surface area contributed by atoms with E-state index in [1.165, 1.54) is 18.2 Å². The van der Waals surface area contributed by atoms with E-state index in [2.05, 4.69) is 19.7 Å². The summed E-state index contributed by atoms with van der Waals surface area (Å²) in [7, 11) is 0. The van der Waals surface area contributed by atoms with E-state index in [1.807, 2.05) is 0 Å². The second kappa shape index (κ2) is 9.20. The number of alkyl halides is 5. The van der Waals surface area contributed by atoms with Gasteiger partial charge < -0.3 is 15.5 Å². The molecule has 0 radical (unpaired) electrons. The smallest absolute Gasteiger partial charge is 0.417 e. The third-order valence-corrected chi connectivity index (χ3v) is 4.94. The van der Waals surface area contributed by atoms with Gasteiger partial charge in [-0.05, 0) is 30.2 Å². The van der Waals surface area contributed by atoms with Gasteiger partial charge in [0.05, 0.1) is 11.3 Å². The number of nitrogens with one attached hydrogen (secondary N) is 1. The van der Waals surface area contributed by atoms with Crippen LogP contribution in [0.3, 0.4) is 0 Å². The minimum absolute atomic E-state index is 0.0363. The van der Waals surface area contributed by atoms with E-state index >= 15 is 0 Å². The molecule has 0 aliphatic heterocycles. The lowest BCUT2D eigenvalue weighted by Gasteiger charge is -2.21. The largest absolute Gasteiger partial charge is 0.417 e. The van der Waals surface area contributed by atoms with Crippen molar-refractivity contribution in [2.24, 2.45) is 11.1 Å². The Morgan fingerprint density at radius 3 is 2.41 bits per heavy atom. The molecule has 12 heteroatoms. The Balaban J connectivity index is 2.11. The van der Waals surface area contributed by atoms with Gasteiger partial charge in [0.25, 0.3) is 5.56 Å². The van der Waals surface area contributed by atoms with Gasteiger partial charge in [-0.2, -0.15) is 22.0 Å². The standard InChI is InChI=1S/C22H19F5N4O3/c1-21(2,19(28)33)9-11-3-5-14(22(25,26)27)13(7-11)18-30-15(8-16(32)31-18)12-4-6-17(29-10-12)34-20(23)24/h3-8,10,20H,9H2,1-2H3,(H2,28,33)(H,30,31,32). The van der Waals surface area contributed by atoms with Crippen LogP contribution in [0.5, 0.6) is 5.88 Å². The fraction of sp³-hybridized carbons (Fsp3) is 0.273. The van der Waals surface area contributed by atoms with Crippen molar-refractivity contribution in [2.75, 3.05) is 0 Å². The summed E-state index contributed by atoms with van der Waals surface area (Å²) in [5, 5.41) is 0. The maximum Gasteiger partial charge on any atom is 0.417 e. The molecule has 0 aliphatic carbocycles. The molecule has 34 heavy (non-hydrogen) atoms. The number of rotatable bonds is 7. The molecule has 0 saturated carbocycles. The summed E-state index contributed by atoms with van der Waals surface area (Å²) in [5.74, 6) is -1.39. The van der Waals surface area contributed by atoms with Crippen molar-refractivity contribution in [2.45, 2.75) is 33.1 Å². The summed E-state index contributed by atoms with van der Waals surface area (Å²) in [5.41, 5.74) is 2.66. The first-order valence-corrected chi connectivity index (χ1v) is 9.79. The van der Waals surface area contributed by atoms with E-state index in [9.17, 15) is 31.5 Å². The van der Waals surface area contributed by atoms with Crippen molar-refractivity contribution in [1.82, 2.24) is 15.0 Å². The fourth-order valence-electron chi connectivity index (χ4n) is 3.17. The Bertz CT molecular complexity index is 1250. The van der Waals surface area contributed by atoms with Crippen LogP contribution in [-0.2, 0) is 17.4 Å². The number of pyridine rings is 1. The van der Waals surface area contributed by atoms with Crippen molar-refractivity contribution in [3.63, 3.8) is 0 Å². The second-order valence-corrected chi connectivity index (χ2v) is 8.05. The molecule has 7 nitrogen and oxygen atoms in total. The molecule has 1 aromatic carbocycles. The molecular weight excluding hydrogens is 463 g/mol. The van der Waals surface area contributed by atoms with E-state index in [0.29, 0.717) is 5.56 Å². The first-order chi connectivity index (χ1) is 15.8. The molecule has 180 valence electrons. The number of ether oxygens (including phenoxy) is 1. The maximum absolute atomic E-state index is 13.7. The monoisotopic (exact) mass is 482 g/mol. The van der Waals surface area contributed by atoms with Gasteiger partial charge in [0.2, 0.25) is 11.8 Å². The SMILES string of the molecule is CC(C)(Cc1ccc(C(F)(F)F)c(-c2nc(-c3ccc(OC(F)F)nc3)cc(=O)[nH]2)c1)C(N)=O. The Morgan fingerprint density at radius 1 is 1.15 bits per heavy atom.